The number of carbonyl (C=O) groups is 1. The molecule has 0 N–H and O–H groups in total. The van der Waals surface area contributed by atoms with E-state index in [0.717, 1.165) is 25.9 Å². The molecule has 0 aromatic rings. The molecule has 3 nitrogen and oxygen atoms in total. The maximum absolute atomic E-state index is 11.2. The Morgan fingerprint density at radius 2 is 2.38 bits per heavy atom. The lowest BCUT2D eigenvalue weighted by Gasteiger charge is -2.22. The third-order valence-electron chi connectivity index (χ3n) is 2.97. The molecule has 0 spiro atoms. The Hall–Kier alpha value is -0.570. The third kappa shape index (κ3) is 2.44. The molecule has 1 rings (SSSR count). The summed E-state index contributed by atoms with van der Waals surface area (Å²) in [7, 11) is 1.47. The van der Waals surface area contributed by atoms with E-state index in [9.17, 15) is 4.79 Å². The summed E-state index contributed by atoms with van der Waals surface area (Å²) in [5.74, 6) is 0.0600. The van der Waals surface area contributed by atoms with E-state index in [0.29, 0.717) is 6.04 Å². The van der Waals surface area contributed by atoms with Gasteiger partial charge in [-0.25, -0.2) is 0 Å². The van der Waals surface area contributed by atoms with Gasteiger partial charge in [-0.15, -0.1) is 0 Å². The quantitative estimate of drug-likeness (QED) is 0.620. The van der Waals surface area contributed by atoms with Crippen molar-refractivity contribution in [1.29, 1.82) is 0 Å². The fraction of sp³-hybridized carbons (Fsp3) is 0.900. The van der Waals surface area contributed by atoms with E-state index in [2.05, 4.69) is 18.7 Å². The van der Waals surface area contributed by atoms with Crippen LogP contribution in [0.3, 0.4) is 0 Å². The van der Waals surface area contributed by atoms with Gasteiger partial charge in [0.2, 0.25) is 0 Å². The molecule has 0 aliphatic carbocycles. The molecule has 0 amide bonds. The zero-order valence-corrected chi connectivity index (χ0v) is 8.75. The Bertz CT molecular complexity index is 182. The van der Waals surface area contributed by atoms with E-state index in [1.807, 2.05) is 0 Å². The first-order valence-corrected chi connectivity index (χ1v) is 5.01. The van der Waals surface area contributed by atoms with Crippen molar-refractivity contribution in [1.82, 2.24) is 4.90 Å². The lowest BCUT2D eigenvalue weighted by atomic mass is 10.1. The lowest BCUT2D eigenvalue weighted by Crippen LogP contribution is -2.31. The van der Waals surface area contributed by atoms with E-state index in [1.165, 1.54) is 7.11 Å². The minimum Gasteiger partial charge on any atom is -0.469 e. The number of hydrogen-bond acceptors (Lipinski definition) is 3. The zero-order valence-electron chi connectivity index (χ0n) is 8.75. The van der Waals surface area contributed by atoms with Gasteiger partial charge < -0.3 is 4.74 Å². The van der Waals surface area contributed by atoms with Crippen LogP contribution in [-0.2, 0) is 9.53 Å². The van der Waals surface area contributed by atoms with Gasteiger partial charge in [0, 0.05) is 12.6 Å². The molecule has 1 aliphatic rings. The molecule has 0 saturated carbocycles. The van der Waals surface area contributed by atoms with Crippen LogP contribution < -0.4 is 0 Å². The number of nitrogens with zero attached hydrogens (tertiary/aromatic N) is 1. The molecule has 13 heavy (non-hydrogen) atoms. The van der Waals surface area contributed by atoms with E-state index in [4.69, 9.17) is 4.74 Å². The van der Waals surface area contributed by atoms with E-state index in [1.54, 1.807) is 0 Å². The van der Waals surface area contributed by atoms with Crippen molar-refractivity contribution in [2.75, 3.05) is 20.2 Å². The first-order valence-electron chi connectivity index (χ1n) is 5.01. The van der Waals surface area contributed by atoms with Crippen molar-refractivity contribution in [2.45, 2.75) is 32.7 Å². The molecule has 0 aromatic carbocycles. The summed E-state index contributed by atoms with van der Waals surface area (Å²) in [5, 5.41) is 0. The fourth-order valence-electron chi connectivity index (χ4n) is 1.80. The van der Waals surface area contributed by atoms with Crippen molar-refractivity contribution in [2.24, 2.45) is 5.92 Å². The molecule has 76 valence electrons. The highest BCUT2D eigenvalue weighted by Gasteiger charge is 2.30. The number of likely N-dealkylation sites (tertiary alicyclic amines) is 1. The monoisotopic (exact) mass is 185 g/mol. The second kappa shape index (κ2) is 4.61. The molecule has 1 fully saturated rings. The lowest BCUT2D eigenvalue weighted by molar-refractivity contribution is -0.145. The number of carbonyl (C=O) groups excluding carboxylic acids is 1. The fourth-order valence-corrected chi connectivity index (χ4v) is 1.80. The summed E-state index contributed by atoms with van der Waals surface area (Å²) in [5.41, 5.74) is 0. The first kappa shape index (κ1) is 10.5. The van der Waals surface area contributed by atoms with E-state index < -0.39 is 0 Å². The second-order valence-corrected chi connectivity index (χ2v) is 3.76. The van der Waals surface area contributed by atoms with Crippen LogP contribution in [0, 0.1) is 5.92 Å². The van der Waals surface area contributed by atoms with Crippen LogP contribution in [-0.4, -0.2) is 37.1 Å². The van der Waals surface area contributed by atoms with Gasteiger partial charge in [-0.3, -0.25) is 9.69 Å². The minimum absolute atomic E-state index is 0.0502. The van der Waals surface area contributed by atoms with E-state index >= 15 is 0 Å². The second-order valence-electron chi connectivity index (χ2n) is 3.76. The Morgan fingerprint density at radius 1 is 1.69 bits per heavy atom. The Balaban J connectivity index is 2.40. The normalized spacial score (nSPS) is 25.9. The molecule has 0 aromatic heterocycles. The molecule has 2 unspecified atom stereocenters. The van der Waals surface area contributed by atoms with Crippen molar-refractivity contribution in [3.05, 3.63) is 0 Å². The van der Waals surface area contributed by atoms with Crippen molar-refractivity contribution >= 4 is 5.97 Å². The standard InChI is InChI=1S/C10H19NO2/c1-4-8(2)11-6-5-9(7-11)10(12)13-3/h8-9H,4-7H2,1-3H3. The van der Waals surface area contributed by atoms with E-state index in [-0.39, 0.29) is 11.9 Å². The number of methoxy groups -OCH3 is 1. The number of rotatable bonds is 3. The first-order chi connectivity index (χ1) is 6.19. The van der Waals surface area contributed by atoms with Gasteiger partial charge in [-0.1, -0.05) is 6.92 Å². The third-order valence-corrected chi connectivity index (χ3v) is 2.97. The Morgan fingerprint density at radius 3 is 2.92 bits per heavy atom. The van der Waals surface area contributed by atoms with Gasteiger partial charge in [0.05, 0.1) is 13.0 Å². The molecule has 1 saturated heterocycles. The van der Waals surface area contributed by atoms with Gasteiger partial charge in [0.15, 0.2) is 0 Å². The molecule has 2 atom stereocenters. The van der Waals surface area contributed by atoms with Crippen molar-refractivity contribution in [3.63, 3.8) is 0 Å². The molecule has 3 heteroatoms. The largest absolute Gasteiger partial charge is 0.469 e. The average molecular weight is 185 g/mol. The molecule has 1 heterocycles. The summed E-state index contributed by atoms with van der Waals surface area (Å²) in [6, 6.07) is 0.592. The van der Waals surface area contributed by atoms with Crippen molar-refractivity contribution in [3.8, 4) is 0 Å². The maximum atomic E-state index is 11.2. The van der Waals surface area contributed by atoms with Crippen LogP contribution >= 0.6 is 0 Å². The summed E-state index contributed by atoms with van der Waals surface area (Å²) >= 11 is 0. The Labute approximate surface area is 80.1 Å². The number of esters is 1. The maximum Gasteiger partial charge on any atom is 0.310 e. The Kier molecular flexibility index (Phi) is 3.72. The number of ether oxygens (including phenoxy) is 1. The van der Waals surface area contributed by atoms with Gasteiger partial charge in [-0.05, 0) is 26.3 Å². The van der Waals surface area contributed by atoms with Crippen LogP contribution in [0.1, 0.15) is 26.7 Å². The average Bonchev–Trinajstić information content (AvgIpc) is 2.64. The van der Waals surface area contributed by atoms with Gasteiger partial charge >= 0.3 is 5.97 Å². The SMILES string of the molecule is CCC(C)N1CCC(C(=O)OC)C1. The molecular weight excluding hydrogens is 166 g/mol. The smallest absolute Gasteiger partial charge is 0.310 e. The minimum atomic E-state index is -0.0502. The summed E-state index contributed by atoms with van der Waals surface area (Å²) in [6.45, 7) is 6.30. The highest BCUT2D eigenvalue weighted by atomic mass is 16.5. The zero-order chi connectivity index (χ0) is 9.84. The summed E-state index contributed by atoms with van der Waals surface area (Å²) in [6.07, 6.45) is 2.10. The van der Waals surface area contributed by atoms with Crippen molar-refractivity contribution < 1.29 is 9.53 Å². The van der Waals surface area contributed by atoms with Crippen LogP contribution in [0.15, 0.2) is 0 Å². The number of hydrogen-bond donors (Lipinski definition) is 0. The molecular formula is C10H19NO2. The highest BCUT2D eigenvalue weighted by molar-refractivity contribution is 5.72. The van der Waals surface area contributed by atoms with Gasteiger partial charge in [0.25, 0.3) is 0 Å². The highest BCUT2D eigenvalue weighted by Crippen LogP contribution is 2.20. The van der Waals surface area contributed by atoms with Gasteiger partial charge in [-0.2, -0.15) is 0 Å². The predicted octanol–water partition coefficient (Wildman–Crippen LogP) is 1.28. The predicted molar refractivity (Wildman–Crippen MR) is 51.4 cm³/mol. The van der Waals surface area contributed by atoms with Crippen LogP contribution in [0.4, 0.5) is 0 Å². The van der Waals surface area contributed by atoms with Crippen LogP contribution in [0.2, 0.25) is 0 Å². The molecule has 0 radical (unpaired) electrons. The van der Waals surface area contributed by atoms with Crippen LogP contribution in [0.25, 0.3) is 0 Å². The summed E-state index contributed by atoms with van der Waals surface area (Å²) in [4.78, 5) is 13.6. The van der Waals surface area contributed by atoms with Gasteiger partial charge in [0.1, 0.15) is 0 Å². The molecule has 0 bridgehead atoms. The van der Waals surface area contributed by atoms with Crippen LogP contribution in [0.5, 0.6) is 0 Å². The topological polar surface area (TPSA) is 29.5 Å². The molecule has 1 aliphatic heterocycles. The summed E-state index contributed by atoms with van der Waals surface area (Å²) < 4.78 is 4.73.